The van der Waals surface area contributed by atoms with E-state index < -0.39 is 12.1 Å². The van der Waals surface area contributed by atoms with Crippen LogP contribution in [0, 0.1) is 0 Å². The van der Waals surface area contributed by atoms with E-state index in [0.717, 1.165) is 4.90 Å². The first-order valence-electron chi connectivity index (χ1n) is 8.23. The molecule has 1 atom stereocenters. The molecule has 0 aliphatic carbocycles. The van der Waals surface area contributed by atoms with Crippen LogP contribution >= 0.6 is 23.4 Å². The lowest BCUT2D eigenvalue weighted by Gasteiger charge is -2.14. The van der Waals surface area contributed by atoms with Crippen molar-refractivity contribution in [3.63, 3.8) is 0 Å². The number of hydrogen-bond acceptors (Lipinski definition) is 5. The van der Waals surface area contributed by atoms with Crippen molar-refractivity contribution in [1.29, 1.82) is 0 Å². The lowest BCUT2D eigenvalue weighted by Crippen LogP contribution is -2.24. The Bertz CT molecular complexity index is 962. The SMILES string of the molecule is CC(OC(=O)c1cccnc1Sc1ccccc1)C(=O)c1cccc(Cl)c1. The fourth-order valence-electron chi connectivity index (χ4n) is 2.38. The minimum atomic E-state index is -0.939. The summed E-state index contributed by atoms with van der Waals surface area (Å²) in [5, 5.41) is 0.976. The number of ether oxygens (including phenoxy) is 1. The smallest absolute Gasteiger partial charge is 0.341 e. The number of Topliss-reactive ketones (excluding diaryl/α,β-unsaturated/α-hetero) is 1. The van der Waals surface area contributed by atoms with E-state index in [0.29, 0.717) is 21.2 Å². The third-order valence-electron chi connectivity index (χ3n) is 3.71. The van der Waals surface area contributed by atoms with Crippen molar-refractivity contribution in [1.82, 2.24) is 4.98 Å². The number of carbonyl (C=O) groups excluding carboxylic acids is 2. The van der Waals surface area contributed by atoms with Gasteiger partial charge in [-0.1, -0.05) is 53.7 Å². The first-order chi connectivity index (χ1) is 13.0. The highest BCUT2D eigenvalue weighted by Crippen LogP contribution is 2.29. The molecule has 0 saturated heterocycles. The van der Waals surface area contributed by atoms with Gasteiger partial charge in [-0.3, -0.25) is 4.79 Å². The summed E-state index contributed by atoms with van der Waals surface area (Å²) in [7, 11) is 0. The van der Waals surface area contributed by atoms with Crippen molar-refractivity contribution < 1.29 is 14.3 Å². The number of esters is 1. The largest absolute Gasteiger partial charge is 0.451 e. The maximum absolute atomic E-state index is 12.6. The molecule has 0 amide bonds. The molecule has 1 unspecified atom stereocenters. The summed E-state index contributed by atoms with van der Waals surface area (Å²) in [5.41, 5.74) is 0.713. The molecule has 3 aromatic rings. The highest BCUT2D eigenvalue weighted by molar-refractivity contribution is 7.99. The molecular formula is C21H16ClNO3S. The van der Waals surface area contributed by atoms with Gasteiger partial charge in [-0.2, -0.15) is 0 Å². The van der Waals surface area contributed by atoms with Crippen LogP contribution in [0.3, 0.4) is 0 Å². The number of rotatable bonds is 6. The molecule has 6 heteroatoms. The number of ketones is 1. The summed E-state index contributed by atoms with van der Waals surface area (Å²) in [5.74, 6) is -0.906. The minimum absolute atomic E-state index is 0.313. The van der Waals surface area contributed by atoms with Crippen LogP contribution in [0.15, 0.2) is 82.8 Å². The van der Waals surface area contributed by atoms with Crippen LogP contribution < -0.4 is 0 Å². The van der Waals surface area contributed by atoms with Crippen molar-refractivity contribution in [3.05, 3.63) is 89.1 Å². The number of carbonyl (C=O) groups is 2. The number of halogens is 1. The average molecular weight is 398 g/mol. The fourth-order valence-corrected chi connectivity index (χ4v) is 3.46. The minimum Gasteiger partial charge on any atom is -0.451 e. The molecule has 0 N–H and O–H groups in total. The molecule has 1 aromatic heterocycles. The molecule has 27 heavy (non-hydrogen) atoms. The van der Waals surface area contributed by atoms with Crippen molar-refractivity contribution in [2.75, 3.05) is 0 Å². The van der Waals surface area contributed by atoms with Gasteiger partial charge in [0.15, 0.2) is 6.10 Å². The number of benzene rings is 2. The summed E-state index contributed by atoms with van der Waals surface area (Å²) >= 11 is 7.28. The lowest BCUT2D eigenvalue weighted by molar-refractivity contribution is 0.0314. The molecule has 0 aliphatic rings. The molecular weight excluding hydrogens is 382 g/mol. The maximum Gasteiger partial charge on any atom is 0.341 e. The van der Waals surface area contributed by atoms with E-state index in [2.05, 4.69) is 4.98 Å². The first kappa shape index (κ1) is 19.1. The van der Waals surface area contributed by atoms with Gasteiger partial charge in [0.1, 0.15) is 5.03 Å². The fraction of sp³-hybridized carbons (Fsp3) is 0.0952. The number of nitrogens with zero attached hydrogens (tertiary/aromatic N) is 1. The lowest BCUT2D eigenvalue weighted by atomic mass is 10.1. The van der Waals surface area contributed by atoms with Crippen LogP contribution in [-0.4, -0.2) is 22.8 Å². The predicted molar refractivity (Wildman–Crippen MR) is 105 cm³/mol. The summed E-state index contributed by atoms with van der Waals surface area (Å²) in [6.45, 7) is 1.54. The number of hydrogen-bond donors (Lipinski definition) is 0. The van der Waals surface area contributed by atoms with Gasteiger partial charge in [-0.15, -0.1) is 0 Å². The van der Waals surface area contributed by atoms with Crippen LogP contribution in [0.2, 0.25) is 5.02 Å². The monoisotopic (exact) mass is 397 g/mol. The van der Waals surface area contributed by atoms with E-state index in [1.54, 1.807) is 49.5 Å². The van der Waals surface area contributed by atoms with E-state index in [1.807, 2.05) is 30.3 Å². The molecule has 0 aliphatic heterocycles. The van der Waals surface area contributed by atoms with Crippen LogP contribution in [0.1, 0.15) is 27.6 Å². The van der Waals surface area contributed by atoms with E-state index in [-0.39, 0.29) is 5.78 Å². The Kier molecular flexibility index (Phi) is 6.27. The Hall–Kier alpha value is -2.63. The van der Waals surface area contributed by atoms with Crippen molar-refractivity contribution in [2.24, 2.45) is 0 Å². The van der Waals surface area contributed by atoms with E-state index in [1.165, 1.54) is 11.8 Å². The van der Waals surface area contributed by atoms with Crippen LogP contribution in [0.25, 0.3) is 0 Å². The Morgan fingerprint density at radius 3 is 2.56 bits per heavy atom. The molecule has 0 bridgehead atoms. The van der Waals surface area contributed by atoms with E-state index in [4.69, 9.17) is 16.3 Å². The van der Waals surface area contributed by atoms with Gasteiger partial charge in [-0.05, 0) is 43.3 Å². The van der Waals surface area contributed by atoms with Crippen molar-refractivity contribution >= 4 is 35.1 Å². The normalized spacial score (nSPS) is 11.6. The molecule has 1 heterocycles. The Morgan fingerprint density at radius 1 is 1.04 bits per heavy atom. The molecule has 136 valence electrons. The Morgan fingerprint density at radius 2 is 1.81 bits per heavy atom. The van der Waals surface area contributed by atoms with E-state index in [9.17, 15) is 9.59 Å². The van der Waals surface area contributed by atoms with Gasteiger partial charge in [-0.25, -0.2) is 9.78 Å². The van der Waals surface area contributed by atoms with Crippen LogP contribution in [-0.2, 0) is 4.74 Å². The molecule has 0 saturated carbocycles. The van der Waals surface area contributed by atoms with Gasteiger partial charge in [0.25, 0.3) is 0 Å². The second kappa shape index (κ2) is 8.84. The zero-order valence-corrected chi connectivity index (χ0v) is 16.0. The molecule has 0 fully saturated rings. The Labute approximate surface area is 166 Å². The average Bonchev–Trinajstić information content (AvgIpc) is 2.68. The maximum atomic E-state index is 12.6. The highest BCUT2D eigenvalue weighted by Gasteiger charge is 2.23. The molecule has 0 radical (unpaired) electrons. The topological polar surface area (TPSA) is 56.3 Å². The van der Waals surface area contributed by atoms with Gasteiger partial charge in [0.2, 0.25) is 5.78 Å². The first-order valence-corrected chi connectivity index (χ1v) is 9.42. The molecule has 4 nitrogen and oxygen atoms in total. The van der Waals surface area contributed by atoms with Crippen molar-refractivity contribution in [2.45, 2.75) is 22.9 Å². The summed E-state index contributed by atoms with van der Waals surface area (Å²) in [4.78, 5) is 30.3. The standard InChI is InChI=1S/C21H16ClNO3S/c1-14(19(24)15-7-5-8-16(22)13-15)26-21(25)18-11-6-12-23-20(18)27-17-9-3-2-4-10-17/h2-14H,1H3. The van der Waals surface area contributed by atoms with Crippen LogP contribution in [0.5, 0.6) is 0 Å². The predicted octanol–water partition coefficient (Wildman–Crippen LogP) is 5.31. The number of pyridine rings is 1. The Balaban J connectivity index is 1.75. The third kappa shape index (κ3) is 4.96. The third-order valence-corrected chi connectivity index (χ3v) is 4.97. The summed E-state index contributed by atoms with van der Waals surface area (Å²) in [6.07, 6.45) is 0.675. The van der Waals surface area contributed by atoms with Gasteiger partial charge in [0.05, 0.1) is 5.56 Å². The molecule has 2 aromatic carbocycles. The zero-order chi connectivity index (χ0) is 19.2. The van der Waals surface area contributed by atoms with Gasteiger partial charge in [0, 0.05) is 21.7 Å². The van der Waals surface area contributed by atoms with Gasteiger partial charge < -0.3 is 4.74 Å². The summed E-state index contributed by atoms with van der Waals surface area (Å²) in [6, 6.07) is 19.4. The zero-order valence-electron chi connectivity index (χ0n) is 14.5. The van der Waals surface area contributed by atoms with Gasteiger partial charge >= 0.3 is 5.97 Å². The van der Waals surface area contributed by atoms with Crippen molar-refractivity contribution in [3.8, 4) is 0 Å². The molecule has 0 spiro atoms. The highest BCUT2D eigenvalue weighted by atomic mass is 35.5. The number of aromatic nitrogens is 1. The van der Waals surface area contributed by atoms with Crippen LogP contribution in [0.4, 0.5) is 0 Å². The summed E-state index contributed by atoms with van der Waals surface area (Å²) < 4.78 is 5.39. The second-order valence-electron chi connectivity index (χ2n) is 5.69. The molecule has 3 rings (SSSR count). The quantitative estimate of drug-likeness (QED) is 0.416. The van der Waals surface area contributed by atoms with E-state index >= 15 is 0 Å². The second-order valence-corrected chi connectivity index (χ2v) is 7.19.